The van der Waals surface area contributed by atoms with Gasteiger partial charge in [0.05, 0.1) is 11.2 Å². The van der Waals surface area contributed by atoms with Crippen LogP contribution in [0.3, 0.4) is 0 Å². The quantitative estimate of drug-likeness (QED) is 0.742. The van der Waals surface area contributed by atoms with E-state index in [0.717, 1.165) is 31.5 Å². The van der Waals surface area contributed by atoms with Crippen molar-refractivity contribution >= 4 is 12.6 Å². The van der Waals surface area contributed by atoms with Crippen LogP contribution in [0.5, 0.6) is 0 Å². The van der Waals surface area contributed by atoms with Crippen molar-refractivity contribution in [1.82, 2.24) is 4.98 Å². The molecule has 0 spiro atoms. The van der Waals surface area contributed by atoms with Crippen LogP contribution < -0.4 is 5.46 Å². The van der Waals surface area contributed by atoms with Gasteiger partial charge in [0.25, 0.3) is 0 Å². The summed E-state index contributed by atoms with van der Waals surface area (Å²) in [5.74, 6) is 1.07. The van der Waals surface area contributed by atoms with Gasteiger partial charge in [0.15, 0.2) is 0 Å². The van der Waals surface area contributed by atoms with Gasteiger partial charge in [-0.25, -0.2) is 0 Å². The van der Waals surface area contributed by atoms with Crippen LogP contribution >= 0.6 is 0 Å². The van der Waals surface area contributed by atoms with Gasteiger partial charge in [0.1, 0.15) is 0 Å². The van der Waals surface area contributed by atoms with Crippen molar-refractivity contribution in [2.24, 2.45) is 0 Å². The predicted molar refractivity (Wildman–Crippen MR) is 109 cm³/mol. The molecule has 0 atom stereocenters. The summed E-state index contributed by atoms with van der Waals surface area (Å²) >= 11 is 0. The first-order valence-electron chi connectivity index (χ1n) is 10.8. The molecule has 3 fully saturated rings. The van der Waals surface area contributed by atoms with Gasteiger partial charge in [-0.2, -0.15) is 0 Å². The first kappa shape index (κ1) is 19.4. The highest BCUT2D eigenvalue weighted by Gasteiger charge is 2.52. The minimum atomic E-state index is -0.315. The molecule has 4 rings (SSSR count). The van der Waals surface area contributed by atoms with E-state index in [2.05, 4.69) is 39.8 Å². The van der Waals surface area contributed by atoms with Gasteiger partial charge in [-0.15, -0.1) is 0 Å². The summed E-state index contributed by atoms with van der Waals surface area (Å²) in [6, 6.07) is 4.51. The molecule has 4 nitrogen and oxygen atoms in total. The highest BCUT2D eigenvalue weighted by molar-refractivity contribution is 6.62. The average Bonchev–Trinajstić information content (AvgIpc) is 2.90. The zero-order chi connectivity index (χ0) is 19.1. The maximum atomic E-state index is 6.36. The molecule has 3 heterocycles. The van der Waals surface area contributed by atoms with Gasteiger partial charge >= 0.3 is 7.12 Å². The Morgan fingerprint density at radius 3 is 1.89 bits per heavy atom. The molecule has 2 aliphatic heterocycles. The molecule has 1 aromatic rings. The molecule has 1 aliphatic carbocycles. The minimum Gasteiger partial charge on any atom is -0.399 e. The molecular formula is C22H34BNO3. The SMILES string of the molecule is CC1(C)OB(c2cc(C3CCCCC3)nc(C3CCOCC3)c2)OC1(C)C. The molecule has 0 unspecified atom stereocenters. The van der Waals surface area contributed by atoms with E-state index in [1.54, 1.807) is 0 Å². The summed E-state index contributed by atoms with van der Waals surface area (Å²) in [6.07, 6.45) is 8.63. The van der Waals surface area contributed by atoms with Gasteiger partial charge < -0.3 is 14.0 Å². The van der Waals surface area contributed by atoms with E-state index in [0.29, 0.717) is 11.8 Å². The third-order valence-electron chi connectivity index (χ3n) is 7.08. The second-order valence-corrected chi connectivity index (χ2v) is 9.56. The van der Waals surface area contributed by atoms with Crippen molar-refractivity contribution in [2.75, 3.05) is 13.2 Å². The summed E-state index contributed by atoms with van der Waals surface area (Å²) in [4.78, 5) is 5.16. The molecular weight excluding hydrogens is 337 g/mol. The Hall–Kier alpha value is -0.905. The van der Waals surface area contributed by atoms with E-state index in [4.69, 9.17) is 19.0 Å². The third kappa shape index (κ3) is 3.97. The summed E-state index contributed by atoms with van der Waals surface area (Å²) in [6.45, 7) is 10.2. The fourth-order valence-corrected chi connectivity index (χ4v) is 4.52. The maximum Gasteiger partial charge on any atom is 0.494 e. The third-order valence-corrected chi connectivity index (χ3v) is 7.08. The van der Waals surface area contributed by atoms with Crippen molar-refractivity contribution in [3.05, 3.63) is 23.5 Å². The van der Waals surface area contributed by atoms with Crippen molar-refractivity contribution < 1.29 is 14.0 Å². The summed E-state index contributed by atoms with van der Waals surface area (Å²) in [5, 5.41) is 0. The van der Waals surface area contributed by atoms with E-state index in [-0.39, 0.29) is 18.3 Å². The van der Waals surface area contributed by atoms with E-state index in [1.165, 1.54) is 43.5 Å². The lowest BCUT2D eigenvalue weighted by Gasteiger charge is -2.32. The number of pyridine rings is 1. The number of rotatable bonds is 3. The lowest BCUT2D eigenvalue weighted by Crippen LogP contribution is -2.41. The normalized spacial score (nSPS) is 26.4. The first-order valence-corrected chi connectivity index (χ1v) is 10.8. The summed E-state index contributed by atoms with van der Waals surface area (Å²) in [5.41, 5.74) is 2.98. The molecule has 0 amide bonds. The molecule has 3 aliphatic rings. The van der Waals surface area contributed by atoms with Crippen LogP contribution in [0.1, 0.15) is 95.9 Å². The minimum absolute atomic E-state index is 0.307. The number of hydrogen-bond donors (Lipinski definition) is 0. The predicted octanol–water partition coefficient (Wildman–Crippen LogP) is 4.32. The molecule has 0 N–H and O–H groups in total. The monoisotopic (exact) mass is 371 g/mol. The Bertz CT molecular complexity index is 611. The molecule has 2 saturated heterocycles. The Kier molecular flexibility index (Phi) is 5.39. The fourth-order valence-electron chi connectivity index (χ4n) is 4.52. The molecule has 148 valence electrons. The van der Waals surface area contributed by atoms with Crippen molar-refractivity contribution in [1.29, 1.82) is 0 Å². The van der Waals surface area contributed by atoms with Crippen molar-refractivity contribution in [2.45, 2.75) is 95.7 Å². The highest BCUT2D eigenvalue weighted by atomic mass is 16.7. The van der Waals surface area contributed by atoms with Crippen LogP contribution in [0, 0.1) is 0 Å². The van der Waals surface area contributed by atoms with E-state index in [1.807, 2.05) is 0 Å². The second-order valence-electron chi connectivity index (χ2n) is 9.56. The smallest absolute Gasteiger partial charge is 0.399 e. The van der Waals surface area contributed by atoms with Gasteiger partial charge in [-0.3, -0.25) is 4.98 Å². The van der Waals surface area contributed by atoms with Gasteiger partial charge in [-0.05, 0) is 71.0 Å². The van der Waals surface area contributed by atoms with Crippen LogP contribution in [-0.2, 0) is 14.0 Å². The largest absolute Gasteiger partial charge is 0.494 e. The van der Waals surface area contributed by atoms with Gasteiger partial charge in [0, 0.05) is 36.4 Å². The standard InChI is InChI=1S/C22H34BNO3/c1-21(2)22(3,4)27-23(26-21)18-14-19(16-8-6-5-7-9-16)24-20(15-18)17-10-12-25-13-11-17/h14-17H,5-13H2,1-4H3. The van der Waals surface area contributed by atoms with Crippen LogP contribution in [0.25, 0.3) is 0 Å². The Balaban J connectivity index is 1.67. The van der Waals surface area contributed by atoms with E-state index >= 15 is 0 Å². The van der Waals surface area contributed by atoms with E-state index < -0.39 is 0 Å². The number of nitrogens with zero attached hydrogens (tertiary/aromatic N) is 1. The first-order chi connectivity index (χ1) is 12.9. The van der Waals surface area contributed by atoms with Crippen LogP contribution in [-0.4, -0.2) is 36.5 Å². The summed E-state index contributed by atoms with van der Waals surface area (Å²) in [7, 11) is -0.307. The summed E-state index contributed by atoms with van der Waals surface area (Å²) < 4.78 is 18.3. The molecule has 0 bridgehead atoms. The number of hydrogen-bond acceptors (Lipinski definition) is 4. The van der Waals surface area contributed by atoms with Crippen LogP contribution in [0.4, 0.5) is 0 Å². The fraction of sp³-hybridized carbons (Fsp3) is 0.773. The van der Waals surface area contributed by atoms with Gasteiger partial charge in [-0.1, -0.05) is 19.3 Å². The highest BCUT2D eigenvalue weighted by Crippen LogP contribution is 2.38. The van der Waals surface area contributed by atoms with E-state index in [9.17, 15) is 0 Å². The Morgan fingerprint density at radius 1 is 0.815 bits per heavy atom. The topological polar surface area (TPSA) is 40.6 Å². The average molecular weight is 371 g/mol. The van der Waals surface area contributed by atoms with Crippen molar-refractivity contribution in [3.8, 4) is 0 Å². The second kappa shape index (κ2) is 7.49. The molecule has 0 aromatic carbocycles. The van der Waals surface area contributed by atoms with Crippen LogP contribution in [0.15, 0.2) is 12.1 Å². The zero-order valence-electron chi connectivity index (χ0n) is 17.4. The molecule has 1 saturated carbocycles. The van der Waals surface area contributed by atoms with Gasteiger partial charge in [0.2, 0.25) is 0 Å². The molecule has 27 heavy (non-hydrogen) atoms. The maximum absolute atomic E-state index is 6.36. The van der Waals surface area contributed by atoms with Crippen molar-refractivity contribution in [3.63, 3.8) is 0 Å². The molecule has 5 heteroatoms. The lowest BCUT2D eigenvalue weighted by molar-refractivity contribution is 0.00578. The lowest BCUT2D eigenvalue weighted by atomic mass is 9.76. The molecule has 0 radical (unpaired) electrons. The Labute approximate surface area is 164 Å². The molecule has 1 aromatic heterocycles. The van der Waals surface area contributed by atoms with Crippen LogP contribution in [0.2, 0.25) is 0 Å². The number of ether oxygens (including phenoxy) is 1. The Morgan fingerprint density at radius 2 is 1.33 bits per heavy atom. The number of aromatic nitrogens is 1. The zero-order valence-corrected chi connectivity index (χ0v) is 17.4.